The first-order chi connectivity index (χ1) is 13.6. The van der Waals surface area contributed by atoms with Gasteiger partial charge in [-0.1, -0.05) is 30.3 Å². The highest BCUT2D eigenvalue weighted by Gasteiger charge is 2.29. The highest BCUT2D eigenvalue weighted by molar-refractivity contribution is 7.09. The first-order valence-corrected chi connectivity index (χ1v) is 10.5. The van der Waals surface area contributed by atoms with Crippen molar-refractivity contribution < 1.29 is 4.79 Å². The maximum absolute atomic E-state index is 12.8. The number of fused-ring (bicyclic) bond motifs is 1. The number of benzene rings is 1. The van der Waals surface area contributed by atoms with E-state index < -0.39 is 0 Å². The highest BCUT2D eigenvalue weighted by atomic mass is 32.1. The molecule has 146 valence electrons. The number of rotatable bonds is 6. The molecule has 0 saturated carbocycles. The molecule has 28 heavy (non-hydrogen) atoms. The molecule has 4 rings (SSSR count). The number of carbonyl (C=O) groups is 1. The van der Waals surface area contributed by atoms with Gasteiger partial charge in [-0.2, -0.15) is 5.10 Å². The number of amides is 1. The van der Waals surface area contributed by atoms with Gasteiger partial charge in [0.2, 0.25) is 0 Å². The molecule has 2 aromatic heterocycles. The van der Waals surface area contributed by atoms with Crippen LogP contribution in [0.2, 0.25) is 0 Å². The molecule has 0 saturated heterocycles. The Morgan fingerprint density at radius 1 is 1.32 bits per heavy atom. The minimum Gasteiger partial charge on any atom is -0.343 e. The van der Waals surface area contributed by atoms with Crippen molar-refractivity contribution >= 4 is 17.2 Å². The fraction of sp³-hybridized carbons (Fsp3) is 0.381. The second kappa shape index (κ2) is 8.24. The molecule has 1 aliphatic rings. The molecule has 0 aliphatic heterocycles. The molecule has 1 amide bonds. The molecule has 1 atom stereocenters. The van der Waals surface area contributed by atoms with E-state index in [0.717, 1.165) is 36.4 Å². The lowest BCUT2D eigenvalue weighted by Gasteiger charge is -2.24. The number of nitrogens with one attached hydrogen (secondary N) is 1. The fourth-order valence-electron chi connectivity index (χ4n) is 3.70. The summed E-state index contributed by atoms with van der Waals surface area (Å²) in [6.07, 6.45) is 4.62. The van der Waals surface area contributed by atoms with E-state index in [4.69, 9.17) is 5.10 Å². The van der Waals surface area contributed by atoms with Crippen LogP contribution in [0.25, 0.3) is 0 Å². The highest BCUT2D eigenvalue weighted by Crippen LogP contribution is 2.26. The molecule has 2 heterocycles. The minimum absolute atomic E-state index is 0.0244. The van der Waals surface area contributed by atoms with Gasteiger partial charge in [0.25, 0.3) is 5.91 Å². The van der Waals surface area contributed by atoms with E-state index in [1.165, 1.54) is 11.3 Å². The Hall–Kier alpha value is -2.51. The summed E-state index contributed by atoms with van der Waals surface area (Å²) in [6.45, 7) is 1.47. The van der Waals surface area contributed by atoms with Gasteiger partial charge in [-0.15, -0.1) is 11.3 Å². The van der Waals surface area contributed by atoms with E-state index in [-0.39, 0.29) is 5.91 Å². The van der Waals surface area contributed by atoms with Crippen LogP contribution < -0.4 is 5.32 Å². The summed E-state index contributed by atoms with van der Waals surface area (Å²) >= 11 is 1.66. The summed E-state index contributed by atoms with van der Waals surface area (Å²) < 4.78 is 2.03. The summed E-state index contributed by atoms with van der Waals surface area (Å²) in [5, 5.41) is 11.4. The molecule has 1 N–H and O–H groups in total. The molecular weight excluding hydrogens is 370 g/mol. The predicted octanol–water partition coefficient (Wildman–Crippen LogP) is 2.74. The van der Waals surface area contributed by atoms with Gasteiger partial charge >= 0.3 is 0 Å². The Morgan fingerprint density at radius 2 is 2.14 bits per heavy atom. The molecule has 0 spiro atoms. The maximum atomic E-state index is 12.8. The van der Waals surface area contributed by atoms with Gasteiger partial charge in [0.1, 0.15) is 5.01 Å². The van der Waals surface area contributed by atoms with Gasteiger partial charge in [-0.05, 0) is 24.8 Å². The SMILES string of the molecule is CN(C)C(=O)c1nn(Cc2ccccc2)c2c1CC(NCc1nccs1)CC2. The molecule has 7 heteroatoms. The zero-order valence-electron chi connectivity index (χ0n) is 16.3. The Morgan fingerprint density at radius 3 is 2.86 bits per heavy atom. The van der Waals surface area contributed by atoms with Gasteiger partial charge in [0.05, 0.1) is 6.54 Å². The van der Waals surface area contributed by atoms with Crippen molar-refractivity contribution in [1.82, 2.24) is 25.0 Å². The van der Waals surface area contributed by atoms with Crippen molar-refractivity contribution in [2.24, 2.45) is 0 Å². The lowest BCUT2D eigenvalue weighted by molar-refractivity contribution is 0.0820. The molecule has 0 bridgehead atoms. The third kappa shape index (κ3) is 4.00. The van der Waals surface area contributed by atoms with Crippen molar-refractivity contribution in [3.05, 3.63) is 69.4 Å². The van der Waals surface area contributed by atoms with E-state index >= 15 is 0 Å². The molecule has 0 fully saturated rings. The Balaban J connectivity index is 1.58. The van der Waals surface area contributed by atoms with Crippen LogP contribution in [0.1, 0.15) is 38.7 Å². The Bertz CT molecular complexity index is 933. The molecule has 1 aromatic carbocycles. The van der Waals surface area contributed by atoms with Gasteiger partial charge in [-0.3, -0.25) is 9.48 Å². The second-order valence-electron chi connectivity index (χ2n) is 7.36. The van der Waals surface area contributed by atoms with E-state index in [9.17, 15) is 4.79 Å². The predicted molar refractivity (Wildman–Crippen MR) is 111 cm³/mol. The van der Waals surface area contributed by atoms with Crippen LogP contribution in [0.5, 0.6) is 0 Å². The van der Waals surface area contributed by atoms with E-state index in [0.29, 0.717) is 18.3 Å². The van der Waals surface area contributed by atoms with Crippen LogP contribution in [0, 0.1) is 0 Å². The number of hydrogen-bond acceptors (Lipinski definition) is 5. The average Bonchev–Trinajstić information content (AvgIpc) is 3.34. The number of aromatic nitrogens is 3. The van der Waals surface area contributed by atoms with Crippen molar-refractivity contribution in [3.8, 4) is 0 Å². The van der Waals surface area contributed by atoms with Crippen LogP contribution in [-0.2, 0) is 25.9 Å². The van der Waals surface area contributed by atoms with Gasteiger partial charge < -0.3 is 10.2 Å². The van der Waals surface area contributed by atoms with Crippen LogP contribution in [0.15, 0.2) is 41.9 Å². The Kier molecular flexibility index (Phi) is 5.54. The molecule has 1 aliphatic carbocycles. The van der Waals surface area contributed by atoms with Crippen molar-refractivity contribution in [2.75, 3.05) is 14.1 Å². The van der Waals surface area contributed by atoms with E-state index in [1.807, 2.05) is 34.5 Å². The summed E-state index contributed by atoms with van der Waals surface area (Å²) in [7, 11) is 3.57. The lowest BCUT2D eigenvalue weighted by Crippen LogP contribution is -2.35. The van der Waals surface area contributed by atoms with Crippen molar-refractivity contribution in [2.45, 2.75) is 38.4 Å². The summed E-state index contributed by atoms with van der Waals surface area (Å²) in [4.78, 5) is 18.7. The minimum atomic E-state index is -0.0244. The maximum Gasteiger partial charge on any atom is 0.274 e. The van der Waals surface area contributed by atoms with Crippen LogP contribution in [-0.4, -0.2) is 45.7 Å². The van der Waals surface area contributed by atoms with Crippen LogP contribution in [0.4, 0.5) is 0 Å². The first kappa shape index (κ1) is 18.8. The van der Waals surface area contributed by atoms with Crippen LogP contribution >= 0.6 is 11.3 Å². The normalized spacial score (nSPS) is 16.0. The van der Waals surface area contributed by atoms with E-state index in [1.54, 1.807) is 30.3 Å². The molecule has 6 nitrogen and oxygen atoms in total. The molecule has 1 unspecified atom stereocenters. The molecular formula is C21H25N5OS. The molecule has 0 radical (unpaired) electrons. The quantitative estimate of drug-likeness (QED) is 0.697. The number of hydrogen-bond donors (Lipinski definition) is 1. The second-order valence-corrected chi connectivity index (χ2v) is 8.34. The third-order valence-corrected chi connectivity index (χ3v) is 5.94. The average molecular weight is 396 g/mol. The van der Waals surface area contributed by atoms with Gasteiger partial charge in [0.15, 0.2) is 5.69 Å². The summed E-state index contributed by atoms with van der Waals surface area (Å²) in [6, 6.07) is 10.6. The number of carbonyl (C=O) groups excluding carboxylic acids is 1. The first-order valence-electron chi connectivity index (χ1n) is 9.57. The van der Waals surface area contributed by atoms with E-state index in [2.05, 4.69) is 22.4 Å². The number of thiazole rings is 1. The summed E-state index contributed by atoms with van der Waals surface area (Å²) in [5.41, 5.74) is 4.08. The standard InChI is InChI=1S/C21H25N5OS/c1-25(2)21(27)20-17-12-16(23-13-19-22-10-11-28-19)8-9-18(17)26(24-20)14-15-6-4-3-5-7-15/h3-7,10-11,16,23H,8-9,12-14H2,1-2H3. The van der Waals surface area contributed by atoms with Crippen LogP contribution in [0.3, 0.4) is 0 Å². The third-order valence-electron chi connectivity index (χ3n) is 5.16. The summed E-state index contributed by atoms with van der Waals surface area (Å²) in [5.74, 6) is -0.0244. The largest absolute Gasteiger partial charge is 0.343 e. The smallest absolute Gasteiger partial charge is 0.274 e. The monoisotopic (exact) mass is 395 g/mol. The topological polar surface area (TPSA) is 63.1 Å². The zero-order valence-corrected chi connectivity index (χ0v) is 17.1. The number of nitrogens with zero attached hydrogens (tertiary/aromatic N) is 4. The molecule has 3 aromatic rings. The fourth-order valence-corrected chi connectivity index (χ4v) is 4.27. The lowest BCUT2D eigenvalue weighted by atomic mass is 9.91. The zero-order chi connectivity index (χ0) is 19.5. The van der Waals surface area contributed by atoms with Crippen molar-refractivity contribution in [3.63, 3.8) is 0 Å². The van der Waals surface area contributed by atoms with Crippen molar-refractivity contribution in [1.29, 1.82) is 0 Å². The van der Waals surface area contributed by atoms with Gasteiger partial charge in [-0.25, -0.2) is 4.98 Å². The Labute approximate surface area is 169 Å². The van der Waals surface area contributed by atoms with Gasteiger partial charge in [0, 0.05) is 49.5 Å².